The lowest BCUT2D eigenvalue weighted by molar-refractivity contribution is 0.404. The second kappa shape index (κ2) is 5.35. The van der Waals surface area contributed by atoms with Crippen molar-refractivity contribution >= 4 is 5.95 Å². The average Bonchev–Trinajstić information content (AvgIpc) is 2.46. The summed E-state index contributed by atoms with van der Waals surface area (Å²) in [5.41, 5.74) is 1.65. The summed E-state index contributed by atoms with van der Waals surface area (Å²) >= 11 is 0. The minimum Gasteiger partial charge on any atom is -0.497 e. The molecule has 0 aliphatic heterocycles. The summed E-state index contributed by atoms with van der Waals surface area (Å²) in [6, 6.07) is 7.43. The zero-order valence-electron chi connectivity index (χ0n) is 10.6. The van der Waals surface area contributed by atoms with Crippen LogP contribution in [0, 0.1) is 0 Å². The van der Waals surface area contributed by atoms with Crippen molar-refractivity contribution in [3.63, 3.8) is 0 Å². The van der Waals surface area contributed by atoms with Gasteiger partial charge in [-0.05, 0) is 24.3 Å². The highest BCUT2D eigenvalue weighted by molar-refractivity contribution is 5.69. The maximum atomic E-state index is 5.34. The van der Waals surface area contributed by atoms with Crippen LogP contribution in [0.2, 0.25) is 0 Å². The van der Waals surface area contributed by atoms with Crippen molar-refractivity contribution in [2.45, 2.75) is 0 Å². The maximum absolute atomic E-state index is 5.34. The minimum atomic E-state index is 0.567. The predicted molar refractivity (Wildman–Crippen MR) is 70.1 cm³/mol. The van der Waals surface area contributed by atoms with E-state index < -0.39 is 0 Å². The molecule has 1 aromatic heterocycles. The molecule has 18 heavy (non-hydrogen) atoms. The molecule has 0 saturated heterocycles. The first-order valence-electron chi connectivity index (χ1n) is 5.51. The second-order valence-electron chi connectivity index (χ2n) is 3.58. The lowest BCUT2D eigenvalue weighted by Gasteiger charge is -2.10. The third-order valence-corrected chi connectivity index (χ3v) is 2.56. The van der Waals surface area contributed by atoms with Crippen LogP contribution in [0.25, 0.3) is 11.3 Å². The standard InChI is InChI=1S/C13H15N3O2/c1-14-13-15-7-6-11(16-13)10-8-9(17-2)4-5-12(10)18-3/h4-8H,1-3H3,(H,14,15,16). The van der Waals surface area contributed by atoms with E-state index in [0.29, 0.717) is 5.95 Å². The number of methoxy groups -OCH3 is 2. The molecule has 5 heteroatoms. The third-order valence-electron chi connectivity index (χ3n) is 2.56. The highest BCUT2D eigenvalue weighted by Gasteiger charge is 2.09. The van der Waals surface area contributed by atoms with E-state index in [9.17, 15) is 0 Å². The van der Waals surface area contributed by atoms with Crippen LogP contribution in [0.5, 0.6) is 11.5 Å². The topological polar surface area (TPSA) is 56.3 Å². The van der Waals surface area contributed by atoms with Crippen LogP contribution < -0.4 is 14.8 Å². The largest absolute Gasteiger partial charge is 0.497 e. The monoisotopic (exact) mass is 245 g/mol. The average molecular weight is 245 g/mol. The number of nitrogens with one attached hydrogen (secondary N) is 1. The quantitative estimate of drug-likeness (QED) is 0.895. The van der Waals surface area contributed by atoms with Gasteiger partial charge in [-0.3, -0.25) is 0 Å². The maximum Gasteiger partial charge on any atom is 0.222 e. The van der Waals surface area contributed by atoms with Crippen molar-refractivity contribution in [2.75, 3.05) is 26.6 Å². The normalized spacial score (nSPS) is 9.94. The van der Waals surface area contributed by atoms with Crippen molar-refractivity contribution in [1.82, 2.24) is 9.97 Å². The molecule has 0 aliphatic carbocycles. The van der Waals surface area contributed by atoms with Gasteiger partial charge in [0, 0.05) is 18.8 Å². The van der Waals surface area contributed by atoms with Gasteiger partial charge in [-0.1, -0.05) is 0 Å². The van der Waals surface area contributed by atoms with Crippen molar-refractivity contribution in [1.29, 1.82) is 0 Å². The highest BCUT2D eigenvalue weighted by atomic mass is 16.5. The first kappa shape index (κ1) is 12.2. The lowest BCUT2D eigenvalue weighted by atomic mass is 10.1. The molecule has 0 bridgehead atoms. The van der Waals surface area contributed by atoms with Gasteiger partial charge >= 0.3 is 0 Å². The highest BCUT2D eigenvalue weighted by Crippen LogP contribution is 2.32. The van der Waals surface area contributed by atoms with E-state index >= 15 is 0 Å². The zero-order valence-corrected chi connectivity index (χ0v) is 10.6. The Hall–Kier alpha value is -2.30. The van der Waals surface area contributed by atoms with Crippen molar-refractivity contribution in [3.8, 4) is 22.8 Å². The molecule has 0 spiro atoms. The SMILES string of the molecule is CNc1nccc(-c2cc(OC)ccc2OC)n1. The molecular formula is C13H15N3O2. The molecule has 0 aliphatic rings. The van der Waals surface area contributed by atoms with Crippen LogP contribution in [-0.2, 0) is 0 Å². The number of benzene rings is 1. The van der Waals surface area contributed by atoms with Gasteiger partial charge in [0.15, 0.2) is 0 Å². The van der Waals surface area contributed by atoms with Gasteiger partial charge in [-0.2, -0.15) is 0 Å². The van der Waals surface area contributed by atoms with E-state index in [1.807, 2.05) is 24.3 Å². The molecule has 2 aromatic rings. The summed E-state index contributed by atoms with van der Waals surface area (Å²) in [6.45, 7) is 0. The zero-order chi connectivity index (χ0) is 13.0. The molecule has 94 valence electrons. The first-order chi connectivity index (χ1) is 8.78. The number of hydrogen-bond acceptors (Lipinski definition) is 5. The molecule has 0 unspecified atom stereocenters. The smallest absolute Gasteiger partial charge is 0.222 e. The van der Waals surface area contributed by atoms with E-state index in [4.69, 9.17) is 9.47 Å². The lowest BCUT2D eigenvalue weighted by Crippen LogP contribution is -1.98. The number of rotatable bonds is 4. The summed E-state index contributed by atoms with van der Waals surface area (Å²) in [4.78, 5) is 8.47. The van der Waals surface area contributed by atoms with Gasteiger partial charge in [0.2, 0.25) is 5.95 Å². The van der Waals surface area contributed by atoms with Crippen molar-refractivity contribution in [3.05, 3.63) is 30.5 Å². The molecule has 0 radical (unpaired) electrons. The molecule has 0 amide bonds. The summed E-state index contributed by atoms with van der Waals surface area (Å²) in [7, 11) is 5.04. The molecule has 2 rings (SSSR count). The van der Waals surface area contributed by atoms with Crippen LogP contribution in [-0.4, -0.2) is 31.2 Å². The minimum absolute atomic E-state index is 0.567. The Labute approximate surface area is 106 Å². The van der Waals surface area contributed by atoms with E-state index in [0.717, 1.165) is 22.8 Å². The molecule has 5 nitrogen and oxygen atoms in total. The number of anilines is 1. The molecular weight excluding hydrogens is 230 g/mol. The molecule has 0 fully saturated rings. The summed E-state index contributed by atoms with van der Waals surface area (Å²) in [5, 5.41) is 2.91. The van der Waals surface area contributed by atoms with Crippen LogP contribution >= 0.6 is 0 Å². The Morgan fingerprint density at radius 2 is 1.94 bits per heavy atom. The fraction of sp³-hybridized carbons (Fsp3) is 0.231. The van der Waals surface area contributed by atoms with Crippen molar-refractivity contribution < 1.29 is 9.47 Å². The Balaban J connectivity index is 2.53. The van der Waals surface area contributed by atoms with Gasteiger partial charge in [0.1, 0.15) is 11.5 Å². The molecule has 1 aromatic carbocycles. The Kier molecular flexibility index (Phi) is 3.62. The number of nitrogens with zero attached hydrogens (tertiary/aromatic N) is 2. The molecule has 0 atom stereocenters. The molecule has 1 heterocycles. The fourth-order valence-corrected chi connectivity index (χ4v) is 1.64. The number of ether oxygens (including phenoxy) is 2. The number of hydrogen-bond donors (Lipinski definition) is 1. The fourth-order valence-electron chi connectivity index (χ4n) is 1.64. The predicted octanol–water partition coefficient (Wildman–Crippen LogP) is 2.20. The Bertz CT molecular complexity index is 544. The molecule has 1 N–H and O–H groups in total. The van der Waals surface area contributed by atoms with Crippen LogP contribution in [0.4, 0.5) is 5.95 Å². The Morgan fingerprint density at radius 3 is 2.61 bits per heavy atom. The van der Waals surface area contributed by atoms with Gasteiger partial charge in [-0.15, -0.1) is 0 Å². The Morgan fingerprint density at radius 1 is 1.11 bits per heavy atom. The van der Waals surface area contributed by atoms with E-state index in [1.54, 1.807) is 27.5 Å². The van der Waals surface area contributed by atoms with Crippen LogP contribution in [0.3, 0.4) is 0 Å². The van der Waals surface area contributed by atoms with Gasteiger partial charge < -0.3 is 14.8 Å². The van der Waals surface area contributed by atoms with Gasteiger partial charge in [0.05, 0.1) is 19.9 Å². The van der Waals surface area contributed by atoms with Crippen molar-refractivity contribution in [2.24, 2.45) is 0 Å². The summed E-state index contributed by atoms with van der Waals surface area (Å²) in [5.74, 6) is 2.07. The first-order valence-corrected chi connectivity index (χ1v) is 5.51. The van der Waals surface area contributed by atoms with Gasteiger partial charge in [-0.25, -0.2) is 9.97 Å². The van der Waals surface area contributed by atoms with E-state index in [1.165, 1.54) is 0 Å². The third kappa shape index (κ3) is 2.34. The number of aromatic nitrogens is 2. The molecule has 0 saturated carbocycles. The van der Waals surface area contributed by atoms with E-state index in [-0.39, 0.29) is 0 Å². The van der Waals surface area contributed by atoms with Crippen LogP contribution in [0.1, 0.15) is 0 Å². The second-order valence-corrected chi connectivity index (χ2v) is 3.58. The van der Waals surface area contributed by atoms with Crippen LogP contribution in [0.15, 0.2) is 30.5 Å². The van der Waals surface area contributed by atoms with E-state index in [2.05, 4.69) is 15.3 Å². The van der Waals surface area contributed by atoms with Gasteiger partial charge in [0.25, 0.3) is 0 Å². The summed E-state index contributed by atoms with van der Waals surface area (Å²) < 4.78 is 10.6. The summed E-state index contributed by atoms with van der Waals surface area (Å²) in [6.07, 6.45) is 1.70.